The molecule has 1 heterocycles. The van der Waals surface area contributed by atoms with Gasteiger partial charge >= 0.3 is 0 Å². The lowest BCUT2D eigenvalue weighted by atomic mass is 9.82. The lowest BCUT2D eigenvalue weighted by Crippen LogP contribution is -2.34. The van der Waals surface area contributed by atoms with E-state index in [1.165, 1.54) is 6.26 Å². The second-order valence-corrected chi connectivity index (χ2v) is 9.45. The first-order valence-corrected chi connectivity index (χ1v) is 11.2. The summed E-state index contributed by atoms with van der Waals surface area (Å²) in [6.07, 6.45) is 1.21. The molecule has 0 aromatic heterocycles. The minimum atomic E-state index is -3.22. The van der Waals surface area contributed by atoms with Gasteiger partial charge in [0.05, 0.1) is 11.4 Å². The van der Waals surface area contributed by atoms with Gasteiger partial charge in [0.15, 0.2) is 15.8 Å². The molecule has 29 heavy (non-hydrogen) atoms. The summed E-state index contributed by atoms with van der Waals surface area (Å²) in [5.41, 5.74) is 9.65. The van der Waals surface area contributed by atoms with Gasteiger partial charge in [-0.3, -0.25) is 0 Å². The van der Waals surface area contributed by atoms with E-state index in [1.54, 1.807) is 12.1 Å². The molecule has 148 valence electrons. The number of hydrogen-bond acceptors (Lipinski definition) is 5. The van der Waals surface area contributed by atoms with E-state index in [2.05, 4.69) is 24.3 Å². The monoisotopic (exact) mass is 405 g/mol. The number of rotatable bonds is 4. The van der Waals surface area contributed by atoms with Gasteiger partial charge in [-0.15, -0.1) is 0 Å². The molecule has 1 aliphatic heterocycles. The largest absolute Gasteiger partial charge is 0.370 e. The van der Waals surface area contributed by atoms with Gasteiger partial charge in [0.2, 0.25) is 0 Å². The molecule has 3 aromatic carbocycles. The fourth-order valence-electron chi connectivity index (χ4n) is 3.78. The van der Waals surface area contributed by atoms with E-state index in [9.17, 15) is 8.42 Å². The zero-order valence-electron chi connectivity index (χ0n) is 16.4. The van der Waals surface area contributed by atoms with Crippen LogP contribution in [0.2, 0.25) is 0 Å². The fourth-order valence-corrected chi connectivity index (χ4v) is 4.41. The van der Waals surface area contributed by atoms with Gasteiger partial charge in [-0.1, -0.05) is 60.7 Å². The average molecular weight is 406 g/mol. The molecule has 0 aliphatic carbocycles. The summed E-state index contributed by atoms with van der Waals surface area (Å²) in [6.45, 7) is 0.652. The SMILES string of the molecule is CN1CC(c2ccccc2)(c2cccc(-c3ccc(S(C)(=O)=O)cc3)c2)N=C1N. The van der Waals surface area contributed by atoms with Crippen molar-refractivity contribution in [1.82, 2.24) is 4.90 Å². The van der Waals surface area contributed by atoms with Crippen molar-refractivity contribution in [3.05, 3.63) is 90.0 Å². The fraction of sp³-hybridized carbons (Fsp3) is 0.174. The Bertz CT molecular complexity index is 1170. The second-order valence-electron chi connectivity index (χ2n) is 7.43. The van der Waals surface area contributed by atoms with Crippen LogP contribution in [0.25, 0.3) is 11.1 Å². The molecule has 0 spiro atoms. The number of benzene rings is 3. The molecule has 5 nitrogen and oxygen atoms in total. The molecule has 0 saturated heterocycles. The van der Waals surface area contributed by atoms with Crippen LogP contribution in [0.4, 0.5) is 0 Å². The molecule has 3 aromatic rings. The van der Waals surface area contributed by atoms with E-state index in [0.29, 0.717) is 17.4 Å². The summed E-state index contributed by atoms with van der Waals surface area (Å²) in [7, 11) is -1.28. The lowest BCUT2D eigenvalue weighted by Gasteiger charge is -2.28. The molecule has 0 radical (unpaired) electrons. The Balaban J connectivity index is 1.81. The molecule has 0 fully saturated rings. The number of nitrogens with two attached hydrogens (primary N) is 1. The normalized spacial score (nSPS) is 19.2. The Labute approximate surface area is 171 Å². The number of nitrogens with zero attached hydrogens (tertiary/aromatic N) is 2. The summed E-state index contributed by atoms with van der Waals surface area (Å²) in [6, 6.07) is 25.3. The first-order valence-electron chi connectivity index (χ1n) is 9.33. The molecule has 0 bridgehead atoms. The van der Waals surface area contributed by atoms with E-state index in [1.807, 2.05) is 54.4 Å². The van der Waals surface area contributed by atoms with Crippen LogP contribution in [0.3, 0.4) is 0 Å². The summed E-state index contributed by atoms with van der Waals surface area (Å²) in [5, 5.41) is 0. The van der Waals surface area contributed by atoms with Crippen LogP contribution in [-0.2, 0) is 15.4 Å². The van der Waals surface area contributed by atoms with Crippen molar-refractivity contribution in [2.24, 2.45) is 10.7 Å². The highest BCUT2D eigenvalue weighted by Gasteiger charge is 2.40. The molecular formula is C23H23N3O2S. The minimum absolute atomic E-state index is 0.313. The first-order chi connectivity index (χ1) is 13.8. The zero-order valence-corrected chi connectivity index (χ0v) is 17.2. The van der Waals surface area contributed by atoms with E-state index in [-0.39, 0.29) is 0 Å². The predicted molar refractivity (Wildman–Crippen MR) is 116 cm³/mol. The van der Waals surface area contributed by atoms with Crippen LogP contribution < -0.4 is 5.73 Å². The topological polar surface area (TPSA) is 75.8 Å². The number of hydrogen-bond donors (Lipinski definition) is 1. The van der Waals surface area contributed by atoms with Gasteiger partial charge in [-0.05, 0) is 40.5 Å². The van der Waals surface area contributed by atoms with Crippen LogP contribution in [0.15, 0.2) is 88.8 Å². The van der Waals surface area contributed by atoms with Crippen molar-refractivity contribution in [3.8, 4) is 11.1 Å². The van der Waals surface area contributed by atoms with Crippen molar-refractivity contribution >= 4 is 15.8 Å². The maximum atomic E-state index is 11.7. The van der Waals surface area contributed by atoms with E-state index >= 15 is 0 Å². The molecule has 1 atom stereocenters. The average Bonchev–Trinajstić information content (AvgIpc) is 3.04. The van der Waals surface area contributed by atoms with Crippen molar-refractivity contribution in [2.75, 3.05) is 19.8 Å². The highest BCUT2D eigenvalue weighted by Crippen LogP contribution is 2.39. The predicted octanol–water partition coefficient (Wildman–Crippen LogP) is 3.26. The third-order valence-electron chi connectivity index (χ3n) is 5.37. The van der Waals surface area contributed by atoms with Gasteiger partial charge in [0.1, 0.15) is 5.54 Å². The number of sulfone groups is 1. The summed E-state index contributed by atoms with van der Waals surface area (Å²) >= 11 is 0. The molecule has 0 amide bonds. The van der Waals surface area contributed by atoms with E-state index in [4.69, 9.17) is 10.7 Å². The van der Waals surface area contributed by atoms with Crippen molar-refractivity contribution < 1.29 is 8.42 Å². The van der Waals surface area contributed by atoms with Gasteiger partial charge < -0.3 is 10.6 Å². The second kappa shape index (κ2) is 7.04. The van der Waals surface area contributed by atoms with Crippen molar-refractivity contribution in [3.63, 3.8) is 0 Å². The van der Waals surface area contributed by atoms with Gasteiger partial charge in [-0.2, -0.15) is 0 Å². The molecule has 6 heteroatoms. The van der Waals surface area contributed by atoms with Gasteiger partial charge in [-0.25, -0.2) is 13.4 Å². The van der Waals surface area contributed by atoms with Crippen LogP contribution in [0.1, 0.15) is 11.1 Å². The lowest BCUT2D eigenvalue weighted by molar-refractivity contribution is 0.432. The van der Waals surface area contributed by atoms with Gasteiger partial charge in [0, 0.05) is 13.3 Å². The molecular weight excluding hydrogens is 382 g/mol. The Morgan fingerprint density at radius 2 is 1.55 bits per heavy atom. The molecule has 0 saturated carbocycles. The number of aliphatic imine (C=N–C) groups is 1. The van der Waals surface area contributed by atoms with Crippen LogP contribution in [-0.4, -0.2) is 39.1 Å². The van der Waals surface area contributed by atoms with Crippen LogP contribution in [0, 0.1) is 0 Å². The van der Waals surface area contributed by atoms with E-state index < -0.39 is 15.4 Å². The van der Waals surface area contributed by atoms with Crippen molar-refractivity contribution in [2.45, 2.75) is 10.4 Å². The Morgan fingerprint density at radius 3 is 2.14 bits per heavy atom. The highest BCUT2D eigenvalue weighted by atomic mass is 32.2. The van der Waals surface area contributed by atoms with E-state index in [0.717, 1.165) is 22.3 Å². The summed E-state index contributed by atoms with van der Waals surface area (Å²) in [4.78, 5) is 7.14. The standard InChI is InChI=1S/C23H23N3O2S/c1-26-16-23(25-22(26)24,19-8-4-3-5-9-19)20-10-6-7-18(15-20)17-11-13-21(14-12-17)29(2,27)28/h3-15H,16H2,1-2H3,(H2,24,25). The Kier molecular flexibility index (Phi) is 4.67. The molecule has 1 unspecified atom stereocenters. The Hall–Kier alpha value is -3.12. The Morgan fingerprint density at radius 1 is 0.897 bits per heavy atom. The smallest absolute Gasteiger partial charge is 0.192 e. The summed E-state index contributed by atoms with van der Waals surface area (Å²) < 4.78 is 23.5. The molecule has 4 rings (SSSR count). The van der Waals surface area contributed by atoms with Crippen molar-refractivity contribution in [1.29, 1.82) is 0 Å². The molecule has 2 N–H and O–H groups in total. The third-order valence-corrected chi connectivity index (χ3v) is 6.50. The maximum absolute atomic E-state index is 11.7. The molecule has 1 aliphatic rings. The van der Waals surface area contributed by atoms with Crippen LogP contribution in [0.5, 0.6) is 0 Å². The van der Waals surface area contributed by atoms with Crippen LogP contribution >= 0.6 is 0 Å². The minimum Gasteiger partial charge on any atom is -0.370 e. The third kappa shape index (κ3) is 3.51. The maximum Gasteiger partial charge on any atom is 0.192 e. The van der Waals surface area contributed by atoms with Gasteiger partial charge in [0.25, 0.3) is 0 Å². The quantitative estimate of drug-likeness (QED) is 0.723. The highest BCUT2D eigenvalue weighted by molar-refractivity contribution is 7.90. The number of likely N-dealkylation sites (N-methyl/N-ethyl adjacent to an activating group) is 1. The first kappa shape index (κ1) is 19.2. The number of guanidine groups is 1. The zero-order chi connectivity index (χ0) is 20.6. The summed E-state index contributed by atoms with van der Waals surface area (Å²) in [5.74, 6) is 0.511.